The van der Waals surface area contributed by atoms with Crippen LogP contribution in [-0.2, 0) is 0 Å². The monoisotopic (exact) mass is 385 g/mol. The Labute approximate surface area is 174 Å². The minimum absolute atomic E-state index is 0.674. The van der Waals surface area contributed by atoms with Crippen molar-refractivity contribution in [3.8, 4) is 5.75 Å². The number of hydrogen-bond acceptors (Lipinski definition) is 2. The highest BCUT2D eigenvalue weighted by Crippen LogP contribution is 2.36. The maximum atomic E-state index is 6.25. The van der Waals surface area contributed by atoms with Crippen LogP contribution in [0.2, 0.25) is 0 Å². The van der Waals surface area contributed by atoms with E-state index >= 15 is 0 Å². The first-order valence-electron chi connectivity index (χ1n) is 12.3. The molecule has 0 radical (unpaired) electrons. The molecule has 2 fully saturated rings. The van der Waals surface area contributed by atoms with Crippen LogP contribution < -0.4 is 4.74 Å². The fourth-order valence-electron chi connectivity index (χ4n) is 5.25. The van der Waals surface area contributed by atoms with Crippen molar-refractivity contribution < 1.29 is 4.74 Å². The van der Waals surface area contributed by atoms with E-state index in [4.69, 9.17) is 4.74 Å². The Morgan fingerprint density at radius 2 is 1.57 bits per heavy atom. The van der Waals surface area contributed by atoms with E-state index in [1.165, 1.54) is 109 Å². The van der Waals surface area contributed by atoms with Gasteiger partial charge in [-0.25, -0.2) is 0 Å². The van der Waals surface area contributed by atoms with Crippen LogP contribution in [0.3, 0.4) is 0 Å². The largest absolute Gasteiger partial charge is 0.493 e. The molecule has 1 saturated carbocycles. The Bertz CT molecular complexity index is 537. The fourth-order valence-corrected chi connectivity index (χ4v) is 5.25. The van der Waals surface area contributed by atoms with E-state index < -0.39 is 0 Å². The fraction of sp³-hybridized carbons (Fsp3) is 0.769. The third-order valence-electron chi connectivity index (χ3n) is 6.96. The van der Waals surface area contributed by atoms with Crippen LogP contribution in [0.25, 0.3) is 0 Å². The van der Waals surface area contributed by atoms with Crippen molar-refractivity contribution in [2.75, 3.05) is 19.7 Å². The Morgan fingerprint density at radius 3 is 2.39 bits per heavy atom. The van der Waals surface area contributed by atoms with E-state index in [1.807, 2.05) is 0 Å². The molecule has 1 aliphatic heterocycles. The van der Waals surface area contributed by atoms with Crippen LogP contribution in [0, 0.1) is 0 Å². The molecule has 0 spiro atoms. The molecule has 2 nitrogen and oxygen atoms in total. The molecule has 0 bridgehead atoms. The van der Waals surface area contributed by atoms with Gasteiger partial charge >= 0.3 is 0 Å². The summed E-state index contributed by atoms with van der Waals surface area (Å²) < 4.78 is 6.25. The molecule has 1 aliphatic carbocycles. The van der Waals surface area contributed by atoms with E-state index in [-0.39, 0.29) is 0 Å². The Kier molecular flexibility index (Phi) is 9.70. The van der Waals surface area contributed by atoms with Gasteiger partial charge in [0.15, 0.2) is 0 Å². The highest BCUT2D eigenvalue weighted by molar-refractivity contribution is 5.36. The lowest BCUT2D eigenvalue weighted by Gasteiger charge is -2.36. The van der Waals surface area contributed by atoms with Gasteiger partial charge in [0.2, 0.25) is 0 Å². The lowest BCUT2D eigenvalue weighted by Crippen LogP contribution is -2.39. The molecule has 0 N–H and O–H groups in total. The molecule has 1 saturated heterocycles. The zero-order valence-corrected chi connectivity index (χ0v) is 18.3. The van der Waals surface area contributed by atoms with Gasteiger partial charge in [-0.15, -0.1) is 0 Å². The van der Waals surface area contributed by atoms with Gasteiger partial charge < -0.3 is 9.64 Å². The van der Waals surface area contributed by atoms with E-state index in [0.717, 1.165) is 18.4 Å². The third-order valence-corrected chi connectivity index (χ3v) is 6.96. The molecule has 1 aromatic rings. The van der Waals surface area contributed by atoms with Crippen LogP contribution in [0.15, 0.2) is 24.3 Å². The van der Waals surface area contributed by atoms with Gasteiger partial charge in [0.25, 0.3) is 0 Å². The summed E-state index contributed by atoms with van der Waals surface area (Å²) in [6.45, 7) is 5.81. The van der Waals surface area contributed by atoms with Crippen LogP contribution >= 0.6 is 0 Å². The number of nitrogens with zero attached hydrogens (tertiary/aromatic N) is 1. The average molecular weight is 386 g/mol. The molecule has 158 valence electrons. The summed E-state index contributed by atoms with van der Waals surface area (Å²) in [4.78, 5) is 2.83. The van der Waals surface area contributed by atoms with Gasteiger partial charge in [-0.2, -0.15) is 0 Å². The third kappa shape index (κ3) is 6.79. The predicted octanol–water partition coefficient (Wildman–Crippen LogP) is 7.33. The molecule has 2 unspecified atom stereocenters. The zero-order chi connectivity index (χ0) is 19.4. The van der Waals surface area contributed by atoms with Gasteiger partial charge in [0.1, 0.15) is 5.75 Å². The number of benzene rings is 1. The molecule has 2 heteroatoms. The van der Waals surface area contributed by atoms with Gasteiger partial charge in [0.05, 0.1) is 6.61 Å². The first-order valence-corrected chi connectivity index (χ1v) is 12.3. The van der Waals surface area contributed by atoms with Gasteiger partial charge in [0, 0.05) is 6.04 Å². The quantitative estimate of drug-likeness (QED) is 0.456. The average Bonchev–Trinajstić information content (AvgIpc) is 2.75. The summed E-state index contributed by atoms with van der Waals surface area (Å²) in [5.41, 5.74) is 1.48. The number of ether oxygens (including phenoxy) is 1. The van der Waals surface area contributed by atoms with Crippen molar-refractivity contribution in [1.29, 1.82) is 0 Å². The first kappa shape index (κ1) is 21.7. The van der Waals surface area contributed by atoms with E-state index in [0.29, 0.717) is 5.92 Å². The van der Waals surface area contributed by atoms with Gasteiger partial charge in [-0.05, 0) is 75.6 Å². The van der Waals surface area contributed by atoms with Crippen molar-refractivity contribution in [2.24, 2.45) is 0 Å². The number of para-hydroxylation sites is 1. The number of likely N-dealkylation sites (tertiary alicyclic amines) is 1. The molecule has 1 aromatic carbocycles. The molecular formula is C26H43NO. The van der Waals surface area contributed by atoms with E-state index in [1.54, 1.807) is 0 Å². The van der Waals surface area contributed by atoms with Gasteiger partial charge in [-0.3, -0.25) is 0 Å². The maximum Gasteiger partial charge on any atom is 0.122 e. The second-order valence-electron chi connectivity index (χ2n) is 9.11. The topological polar surface area (TPSA) is 12.5 Å². The molecule has 28 heavy (non-hydrogen) atoms. The number of rotatable bonds is 7. The molecule has 2 aliphatic rings. The number of unbranched alkanes of at least 4 members (excludes halogenated alkanes) is 2. The van der Waals surface area contributed by atoms with Crippen molar-refractivity contribution in [1.82, 2.24) is 4.90 Å². The standard InChI is InChI=1S/C26H43NO/c1-2-3-13-22-28-26-17-10-9-16-25(26)23-14-7-4-5-8-15-24(19-18-23)27-20-11-6-12-21-27/h9-10,16-17,23-24H,2-8,11-15,18-22H2,1H3. The van der Waals surface area contributed by atoms with Crippen molar-refractivity contribution in [2.45, 2.75) is 109 Å². The van der Waals surface area contributed by atoms with E-state index in [2.05, 4.69) is 36.1 Å². The van der Waals surface area contributed by atoms with Gasteiger partial charge in [-0.1, -0.05) is 70.1 Å². The van der Waals surface area contributed by atoms with Crippen molar-refractivity contribution in [3.05, 3.63) is 29.8 Å². The first-order chi connectivity index (χ1) is 13.9. The minimum Gasteiger partial charge on any atom is -0.493 e. The molecule has 1 heterocycles. The number of hydrogen-bond donors (Lipinski definition) is 0. The SMILES string of the molecule is CCCCCOc1ccccc1C1CCCCCCC(N2CCCCC2)CC1. The summed E-state index contributed by atoms with van der Waals surface area (Å²) >= 11 is 0. The smallest absolute Gasteiger partial charge is 0.122 e. The highest BCUT2D eigenvalue weighted by Gasteiger charge is 2.24. The summed E-state index contributed by atoms with van der Waals surface area (Å²) in [5, 5.41) is 0. The Balaban J connectivity index is 1.65. The lowest BCUT2D eigenvalue weighted by atomic mass is 9.84. The molecular weight excluding hydrogens is 342 g/mol. The molecule has 0 amide bonds. The summed E-state index contributed by atoms with van der Waals surface area (Å²) in [6, 6.07) is 9.74. The lowest BCUT2D eigenvalue weighted by molar-refractivity contribution is 0.139. The Hall–Kier alpha value is -1.02. The van der Waals surface area contributed by atoms with Crippen molar-refractivity contribution >= 4 is 0 Å². The highest BCUT2D eigenvalue weighted by atomic mass is 16.5. The van der Waals surface area contributed by atoms with Crippen LogP contribution in [0.4, 0.5) is 0 Å². The summed E-state index contributed by atoms with van der Waals surface area (Å²) in [6.07, 6.45) is 19.1. The molecule has 3 rings (SSSR count). The van der Waals surface area contributed by atoms with Crippen LogP contribution in [-0.4, -0.2) is 30.6 Å². The second kappa shape index (κ2) is 12.5. The van der Waals surface area contributed by atoms with Crippen LogP contribution in [0.1, 0.15) is 108 Å². The maximum absolute atomic E-state index is 6.25. The molecule has 2 atom stereocenters. The minimum atomic E-state index is 0.674. The van der Waals surface area contributed by atoms with Crippen LogP contribution in [0.5, 0.6) is 5.75 Å². The normalized spacial score (nSPS) is 25.3. The summed E-state index contributed by atoms with van der Waals surface area (Å²) in [7, 11) is 0. The number of piperidine rings is 1. The van der Waals surface area contributed by atoms with Crippen molar-refractivity contribution in [3.63, 3.8) is 0 Å². The second-order valence-corrected chi connectivity index (χ2v) is 9.11. The molecule has 0 aromatic heterocycles. The van der Waals surface area contributed by atoms with E-state index in [9.17, 15) is 0 Å². The Morgan fingerprint density at radius 1 is 0.821 bits per heavy atom. The summed E-state index contributed by atoms with van der Waals surface area (Å²) in [5.74, 6) is 1.84. The zero-order valence-electron chi connectivity index (χ0n) is 18.3. The predicted molar refractivity (Wildman–Crippen MR) is 120 cm³/mol.